The number of thioether (sulfide) groups is 1. The maximum Gasteiger partial charge on any atom is 0.244 e. The lowest BCUT2D eigenvalue weighted by atomic mass is 10.4. The van der Waals surface area contributed by atoms with Crippen molar-refractivity contribution in [3.8, 4) is 0 Å². The summed E-state index contributed by atoms with van der Waals surface area (Å²) in [6, 6.07) is 1.79. The first-order valence-corrected chi connectivity index (χ1v) is 10.2. The minimum Gasteiger partial charge on any atom is -0.349 e. The molecule has 1 aromatic heterocycles. The van der Waals surface area contributed by atoms with Crippen LogP contribution in [0.2, 0.25) is 0 Å². The Morgan fingerprint density at radius 2 is 2.10 bits per heavy atom. The van der Waals surface area contributed by atoms with Gasteiger partial charge in [-0.3, -0.25) is 0 Å². The molecule has 0 saturated carbocycles. The topological polar surface area (TPSA) is 54.3 Å². The molecule has 0 radical (unpaired) electrons. The average molecular weight is 334 g/mol. The van der Waals surface area contributed by atoms with Crippen LogP contribution in [0.15, 0.2) is 17.2 Å². The van der Waals surface area contributed by atoms with Gasteiger partial charge in [0.15, 0.2) is 0 Å². The summed E-state index contributed by atoms with van der Waals surface area (Å²) in [5, 5.41) is 3.32. The third kappa shape index (κ3) is 5.02. The lowest BCUT2D eigenvalue weighted by Gasteiger charge is -2.15. The molecule has 0 spiro atoms. The highest BCUT2D eigenvalue weighted by atomic mass is 32.2. The van der Waals surface area contributed by atoms with Gasteiger partial charge in [0, 0.05) is 44.3 Å². The van der Waals surface area contributed by atoms with Crippen LogP contribution in [-0.4, -0.2) is 49.4 Å². The molecule has 0 unspecified atom stereocenters. The monoisotopic (exact) mass is 333 g/mol. The standard InChI is InChI=1S/C14H27N3O2S2/c1-5-7-15-11-13-10-14(12-17(13)6-2)21(18,19)16(3)8-9-20-4/h10,12,15H,5-9,11H2,1-4H3. The van der Waals surface area contributed by atoms with Crippen molar-refractivity contribution in [1.82, 2.24) is 14.2 Å². The second-order valence-electron chi connectivity index (χ2n) is 4.95. The molecular weight excluding hydrogens is 306 g/mol. The molecular formula is C14H27N3O2S2. The van der Waals surface area contributed by atoms with E-state index in [4.69, 9.17) is 0 Å². The fourth-order valence-electron chi connectivity index (χ4n) is 2.02. The van der Waals surface area contributed by atoms with E-state index in [0.717, 1.165) is 31.0 Å². The van der Waals surface area contributed by atoms with Crippen LogP contribution in [0.25, 0.3) is 0 Å². The van der Waals surface area contributed by atoms with Gasteiger partial charge in [0.2, 0.25) is 10.0 Å². The molecule has 1 rings (SSSR count). The van der Waals surface area contributed by atoms with Crippen LogP contribution in [0, 0.1) is 0 Å². The highest BCUT2D eigenvalue weighted by Gasteiger charge is 2.22. The summed E-state index contributed by atoms with van der Waals surface area (Å²) in [6.07, 6.45) is 4.79. The molecule has 21 heavy (non-hydrogen) atoms. The van der Waals surface area contributed by atoms with Crippen molar-refractivity contribution in [1.29, 1.82) is 0 Å². The Morgan fingerprint density at radius 1 is 1.38 bits per heavy atom. The zero-order valence-electron chi connectivity index (χ0n) is 13.4. The van der Waals surface area contributed by atoms with Crippen LogP contribution in [0.1, 0.15) is 26.0 Å². The maximum absolute atomic E-state index is 12.5. The van der Waals surface area contributed by atoms with Crippen molar-refractivity contribution >= 4 is 21.8 Å². The molecule has 5 nitrogen and oxygen atoms in total. The molecule has 0 amide bonds. The summed E-state index contributed by atoms with van der Waals surface area (Å²) in [5.41, 5.74) is 1.02. The third-order valence-corrected chi connectivity index (χ3v) is 5.77. The Bertz CT molecular complexity index is 526. The minimum absolute atomic E-state index is 0.390. The molecule has 0 bridgehead atoms. The van der Waals surface area contributed by atoms with Crippen LogP contribution in [0.4, 0.5) is 0 Å². The number of nitrogens with zero attached hydrogens (tertiary/aromatic N) is 2. The smallest absolute Gasteiger partial charge is 0.244 e. The predicted octanol–water partition coefficient (Wildman–Crippen LogP) is 1.99. The number of aromatic nitrogens is 1. The first-order valence-electron chi connectivity index (χ1n) is 7.32. The molecule has 0 aromatic carbocycles. The molecule has 0 saturated heterocycles. The van der Waals surface area contributed by atoms with E-state index < -0.39 is 10.0 Å². The van der Waals surface area contributed by atoms with Crippen molar-refractivity contribution in [3.63, 3.8) is 0 Å². The number of rotatable bonds is 10. The first-order chi connectivity index (χ1) is 9.97. The van der Waals surface area contributed by atoms with Crippen molar-refractivity contribution in [3.05, 3.63) is 18.0 Å². The van der Waals surface area contributed by atoms with Crippen LogP contribution < -0.4 is 5.32 Å². The van der Waals surface area contributed by atoms with Gasteiger partial charge in [-0.2, -0.15) is 11.8 Å². The number of hydrogen-bond acceptors (Lipinski definition) is 4. The van der Waals surface area contributed by atoms with Gasteiger partial charge in [-0.05, 0) is 32.2 Å². The number of aryl methyl sites for hydroxylation is 1. The molecule has 7 heteroatoms. The highest BCUT2D eigenvalue weighted by molar-refractivity contribution is 7.98. The summed E-state index contributed by atoms with van der Waals surface area (Å²) >= 11 is 1.65. The molecule has 0 fully saturated rings. The van der Waals surface area contributed by atoms with Crippen LogP contribution in [0.5, 0.6) is 0 Å². The SMILES string of the molecule is CCCNCc1cc(S(=O)(=O)N(C)CCSC)cn1CC. The molecule has 0 atom stereocenters. The summed E-state index contributed by atoms with van der Waals surface area (Å²) in [4.78, 5) is 0.390. The van der Waals surface area contributed by atoms with Crippen molar-refractivity contribution in [2.45, 2.75) is 38.3 Å². The van der Waals surface area contributed by atoms with E-state index in [1.54, 1.807) is 31.1 Å². The molecule has 0 aliphatic rings. The zero-order valence-corrected chi connectivity index (χ0v) is 15.1. The van der Waals surface area contributed by atoms with Crippen molar-refractivity contribution < 1.29 is 8.42 Å². The summed E-state index contributed by atoms with van der Waals surface area (Å²) in [7, 11) is -1.74. The average Bonchev–Trinajstić information content (AvgIpc) is 2.89. The third-order valence-electron chi connectivity index (χ3n) is 3.35. The molecule has 122 valence electrons. The van der Waals surface area contributed by atoms with Gasteiger partial charge in [0.25, 0.3) is 0 Å². The van der Waals surface area contributed by atoms with E-state index in [-0.39, 0.29) is 0 Å². The van der Waals surface area contributed by atoms with Crippen LogP contribution >= 0.6 is 11.8 Å². The zero-order chi connectivity index (χ0) is 15.9. The van der Waals surface area contributed by atoms with Gasteiger partial charge >= 0.3 is 0 Å². The normalized spacial score (nSPS) is 12.2. The highest BCUT2D eigenvalue weighted by Crippen LogP contribution is 2.18. The largest absolute Gasteiger partial charge is 0.349 e. The quantitative estimate of drug-likeness (QED) is 0.665. The van der Waals surface area contributed by atoms with Crippen LogP contribution in [0.3, 0.4) is 0 Å². The second kappa shape index (κ2) is 8.82. The van der Waals surface area contributed by atoms with Gasteiger partial charge in [-0.15, -0.1) is 0 Å². The Labute approximate surface area is 133 Å². The fourth-order valence-corrected chi connectivity index (χ4v) is 3.83. The predicted molar refractivity (Wildman–Crippen MR) is 90.3 cm³/mol. The van der Waals surface area contributed by atoms with E-state index in [1.165, 1.54) is 4.31 Å². The molecule has 1 aromatic rings. The maximum atomic E-state index is 12.5. The molecule has 0 aliphatic carbocycles. The Morgan fingerprint density at radius 3 is 2.67 bits per heavy atom. The van der Waals surface area contributed by atoms with Gasteiger partial charge in [0.1, 0.15) is 4.90 Å². The van der Waals surface area contributed by atoms with Gasteiger partial charge in [-0.25, -0.2) is 12.7 Å². The summed E-state index contributed by atoms with van der Waals surface area (Å²) in [6.45, 7) is 7.08. The van der Waals surface area contributed by atoms with Gasteiger partial charge in [0.05, 0.1) is 0 Å². The number of nitrogens with one attached hydrogen (secondary N) is 1. The Hall–Kier alpha value is -0.500. The Kier molecular flexibility index (Phi) is 7.79. The second-order valence-corrected chi connectivity index (χ2v) is 7.98. The van der Waals surface area contributed by atoms with Crippen LogP contribution in [-0.2, 0) is 23.1 Å². The molecule has 1 N–H and O–H groups in total. The number of sulfonamides is 1. The summed E-state index contributed by atoms with van der Waals surface area (Å²) in [5.74, 6) is 0.801. The number of hydrogen-bond donors (Lipinski definition) is 1. The van der Waals surface area contributed by atoms with E-state index in [2.05, 4.69) is 12.2 Å². The van der Waals surface area contributed by atoms with E-state index in [1.807, 2.05) is 17.7 Å². The summed E-state index contributed by atoms with van der Waals surface area (Å²) < 4.78 is 28.5. The van der Waals surface area contributed by atoms with E-state index in [9.17, 15) is 8.42 Å². The lowest BCUT2D eigenvalue weighted by Crippen LogP contribution is -2.28. The molecule has 1 heterocycles. The Balaban J connectivity index is 2.91. The van der Waals surface area contributed by atoms with Gasteiger partial charge in [-0.1, -0.05) is 6.92 Å². The first kappa shape index (κ1) is 18.5. The van der Waals surface area contributed by atoms with E-state index >= 15 is 0 Å². The van der Waals surface area contributed by atoms with Crippen molar-refractivity contribution in [2.75, 3.05) is 32.1 Å². The minimum atomic E-state index is -3.38. The van der Waals surface area contributed by atoms with Gasteiger partial charge < -0.3 is 9.88 Å². The lowest BCUT2D eigenvalue weighted by molar-refractivity contribution is 0.488. The fraction of sp³-hybridized carbons (Fsp3) is 0.714. The molecule has 0 aliphatic heterocycles. The van der Waals surface area contributed by atoms with Crippen molar-refractivity contribution in [2.24, 2.45) is 0 Å². The van der Waals surface area contributed by atoms with E-state index in [0.29, 0.717) is 18.0 Å².